The smallest absolute Gasteiger partial charge is 0.182 e. The van der Waals surface area contributed by atoms with Crippen LogP contribution < -0.4 is 4.74 Å². The average molecular weight is 534 g/mol. The van der Waals surface area contributed by atoms with Gasteiger partial charge in [0.15, 0.2) is 5.78 Å². The zero-order valence-electron chi connectivity index (χ0n) is 22.6. The Morgan fingerprint density at radius 2 is 1.66 bits per heavy atom. The van der Waals surface area contributed by atoms with Gasteiger partial charge in [-0.2, -0.15) is 0 Å². The first kappa shape index (κ1) is 25.9. The van der Waals surface area contributed by atoms with E-state index < -0.39 is 0 Å². The molecule has 2 aliphatic heterocycles. The molecule has 2 fully saturated rings. The molecule has 0 N–H and O–H groups in total. The number of fused-ring (bicyclic) bond motifs is 3. The predicted octanol–water partition coefficient (Wildman–Crippen LogP) is 6.98. The third-order valence-corrected chi connectivity index (χ3v) is 9.21. The monoisotopic (exact) mass is 533 g/mol. The van der Waals surface area contributed by atoms with Crippen molar-refractivity contribution in [3.63, 3.8) is 0 Å². The zero-order chi connectivity index (χ0) is 26.1. The van der Waals surface area contributed by atoms with Crippen molar-refractivity contribution in [1.29, 1.82) is 0 Å². The molecule has 6 heteroatoms. The summed E-state index contributed by atoms with van der Waals surface area (Å²) in [6.45, 7) is 8.70. The molecule has 3 aliphatic rings. The van der Waals surface area contributed by atoms with Crippen molar-refractivity contribution < 1.29 is 9.53 Å². The molecule has 0 saturated carbocycles. The van der Waals surface area contributed by atoms with Crippen molar-refractivity contribution in [2.45, 2.75) is 70.6 Å². The van der Waals surface area contributed by atoms with Crippen molar-refractivity contribution in [3.05, 3.63) is 64.8 Å². The van der Waals surface area contributed by atoms with E-state index in [-0.39, 0.29) is 17.9 Å². The van der Waals surface area contributed by atoms with Gasteiger partial charge in [0.05, 0.1) is 17.3 Å². The van der Waals surface area contributed by atoms with Crippen LogP contribution in [0.3, 0.4) is 0 Å². The number of hydrogen-bond donors (Lipinski definition) is 0. The van der Waals surface area contributed by atoms with Crippen LogP contribution in [0.15, 0.2) is 48.5 Å². The highest BCUT2D eigenvalue weighted by molar-refractivity contribution is 6.30. The Hall–Kier alpha value is -2.34. The van der Waals surface area contributed by atoms with E-state index in [0.717, 1.165) is 79.3 Å². The van der Waals surface area contributed by atoms with Crippen molar-refractivity contribution in [2.24, 2.45) is 5.92 Å². The average Bonchev–Trinajstić information content (AvgIpc) is 3.28. The number of halogens is 1. The Morgan fingerprint density at radius 3 is 2.42 bits per heavy atom. The second-order valence-corrected chi connectivity index (χ2v) is 12.0. The molecule has 0 bridgehead atoms. The maximum atomic E-state index is 14.3. The summed E-state index contributed by atoms with van der Waals surface area (Å²) in [6.07, 6.45) is 7.85. The summed E-state index contributed by atoms with van der Waals surface area (Å²) in [7, 11) is 0. The number of rotatable bonds is 7. The van der Waals surface area contributed by atoms with Crippen molar-refractivity contribution in [2.75, 3.05) is 32.7 Å². The predicted molar refractivity (Wildman–Crippen MR) is 154 cm³/mol. The van der Waals surface area contributed by atoms with Gasteiger partial charge in [0.25, 0.3) is 0 Å². The molecule has 2 saturated heterocycles. The van der Waals surface area contributed by atoms with Crippen LogP contribution in [0.1, 0.15) is 74.0 Å². The molecule has 1 aromatic heterocycles. The Balaban J connectivity index is 1.37. The number of Topliss-reactive ketones (excluding diaryl/α,β-unsaturated/α-hetero) is 1. The lowest BCUT2D eigenvalue weighted by molar-refractivity contribution is 0.0548. The Bertz CT molecular complexity index is 1260. The van der Waals surface area contributed by atoms with Crippen molar-refractivity contribution >= 4 is 28.3 Å². The van der Waals surface area contributed by atoms with Crippen LogP contribution in [-0.2, 0) is 6.54 Å². The minimum Gasteiger partial charge on any atom is -0.484 e. The van der Waals surface area contributed by atoms with E-state index in [9.17, 15) is 4.79 Å². The van der Waals surface area contributed by atoms with Gasteiger partial charge >= 0.3 is 0 Å². The lowest BCUT2D eigenvalue weighted by Gasteiger charge is -2.40. The van der Waals surface area contributed by atoms with Gasteiger partial charge in [0.2, 0.25) is 0 Å². The van der Waals surface area contributed by atoms with E-state index in [1.54, 1.807) is 0 Å². The minimum atomic E-state index is -0.185. The summed E-state index contributed by atoms with van der Waals surface area (Å²) in [5, 5.41) is 1.77. The molecule has 0 radical (unpaired) electrons. The lowest BCUT2D eigenvalue weighted by atomic mass is 9.85. The highest BCUT2D eigenvalue weighted by atomic mass is 35.5. The summed E-state index contributed by atoms with van der Waals surface area (Å²) in [5.41, 5.74) is 3.10. The van der Waals surface area contributed by atoms with Gasteiger partial charge in [-0.1, -0.05) is 43.1 Å². The normalized spacial score (nSPS) is 23.6. The second-order valence-electron chi connectivity index (χ2n) is 11.6. The molecular formula is C32H40ClN3O2. The number of para-hydroxylation sites is 1. The van der Waals surface area contributed by atoms with Gasteiger partial charge in [-0.3, -0.25) is 9.69 Å². The number of ketones is 1. The minimum absolute atomic E-state index is 0.139. The molecule has 2 atom stereocenters. The van der Waals surface area contributed by atoms with Gasteiger partial charge in [-0.25, -0.2) is 0 Å². The summed E-state index contributed by atoms with van der Waals surface area (Å²) in [4.78, 5) is 19.3. The quantitative estimate of drug-likeness (QED) is 0.328. The summed E-state index contributed by atoms with van der Waals surface area (Å²) in [5.74, 6) is 1.80. The maximum absolute atomic E-state index is 14.3. The fraction of sp³-hybridized carbons (Fsp3) is 0.531. The number of carbonyl (C=O) groups excluding carboxylic acids is 1. The highest BCUT2D eigenvalue weighted by Gasteiger charge is 2.42. The number of nitrogens with zero attached hydrogens (tertiary/aromatic N) is 3. The Labute approximate surface area is 231 Å². The van der Waals surface area contributed by atoms with Crippen LogP contribution in [0.5, 0.6) is 5.75 Å². The van der Waals surface area contributed by atoms with Crippen LogP contribution in [0.2, 0.25) is 5.02 Å². The molecule has 3 heterocycles. The van der Waals surface area contributed by atoms with Crippen LogP contribution in [0.25, 0.3) is 10.9 Å². The number of benzene rings is 2. The fourth-order valence-electron chi connectivity index (χ4n) is 6.82. The molecule has 5 nitrogen and oxygen atoms in total. The van der Waals surface area contributed by atoms with Crippen molar-refractivity contribution in [1.82, 2.24) is 14.4 Å². The molecule has 6 rings (SSSR count). The molecular weight excluding hydrogens is 494 g/mol. The van der Waals surface area contributed by atoms with Crippen LogP contribution >= 0.6 is 11.6 Å². The SMILES string of the molecule is CC1CCN(C2C[C@@H](Oc3ccc(Cl)cc3)c3c(c4ccccc4n3CCCN3CCCCC3)C2=O)CC1. The van der Waals surface area contributed by atoms with E-state index in [0.29, 0.717) is 11.4 Å². The fourth-order valence-corrected chi connectivity index (χ4v) is 6.94. The number of aryl methyl sites for hydroxylation is 1. The third kappa shape index (κ3) is 5.25. The van der Waals surface area contributed by atoms with E-state index in [1.807, 2.05) is 24.3 Å². The molecule has 2 aromatic carbocycles. The van der Waals surface area contributed by atoms with Crippen LogP contribution in [0.4, 0.5) is 0 Å². The maximum Gasteiger partial charge on any atom is 0.182 e. The van der Waals surface area contributed by atoms with E-state index >= 15 is 0 Å². The first-order valence-corrected chi connectivity index (χ1v) is 15.0. The number of hydrogen-bond acceptors (Lipinski definition) is 4. The number of ether oxygens (including phenoxy) is 1. The molecule has 1 unspecified atom stereocenters. The zero-order valence-corrected chi connectivity index (χ0v) is 23.3. The highest BCUT2D eigenvalue weighted by Crippen LogP contribution is 2.42. The first-order chi connectivity index (χ1) is 18.6. The van der Waals surface area contributed by atoms with Gasteiger partial charge in [0, 0.05) is 28.9 Å². The molecule has 0 amide bonds. The van der Waals surface area contributed by atoms with Crippen LogP contribution in [-0.4, -0.2) is 58.9 Å². The Morgan fingerprint density at radius 1 is 0.921 bits per heavy atom. The first-order valence-electron chi connectivity index (χ1n) is 14.6. The topological polar surface area (TPSA) is 37.7 Å². The Kier molecular flexibility index (Phi) is 7.78. The van der Waals surface area contributed by atoms with Gasteiger partial charge < -0.3 is 14.2 Å². The number of aromatic nitrogens is 1. The molecule has 3 aromatic rings. The molecule has 0 spiro atoms. The van der Waals surface area contributed by atoms with Gasteiger partial charge in [-0.05, 0) is 101 Å². The largest absolute Gasteiger partial charge is 0.484 e. The van der Waals surface area contributed by atoms with Crippen LogP contribution in [0, 0.1) is 5.92 Å². The third-order valence-electron chi connectivity index (χ3n) is 8.96. The summed E-state index contributed by atoms with van der Waals surface area (Å²) < 4.78 is 9.13. The molecule has 1 aliphatic carbocycles. The lowest BCUT2D eigenvalue weighted by Crippen LogP contribution is -2.48. The second kappa shape index (κ2) is 11.4. The number of likely N-dealkylation sites (tertiary alicyclic amines) is 2. The summed E-state index contributed by atoms with van der Waals surface area (Å²) in [6, 6.07) is 16.0. The van der Waals surface area contributed by atoms with Gasteiger partial charge in [0.1, 0.15) is 11.9 Å². The summed E-state index contributed by atoms with van der Waals surface area (Å²) >= 11 is 6.18. The van der Waals surface area contributed by atoms with Crippen molar-refractivity contribution in [3.8, 4) is 5.75 Å². The molecule has 38 heavy (non-hydrogen) atoms. The standard InChI is InChI=1S/C32H40ClN3O2/c1-23-14-20-35(21-15-23)28-22-29(38-25-12-10-24(33)11-13-25)31-30(32(28)37)26-8-3-4-9-27(26)36(31)19-7-18-34-16-5-2-6-17-34/h3-4,8-13,23,28-29H,2,5-7,14-22H2,1H3/t28?,29-/m1/s1. The number of carbonyl (C=O) groups is 1. The van der Waals surface area contributed by atoms with E-state index in [2.05, 4.69) is 45.6 Å². The van der Waals surface area contributed by atoms with Gasteiger partial charge in [-0.15, -0.1) is 0 Å². The van der Waals surface area contributed by atoms with E-state index in [4.69, 9.17) is 16.3 Å². The number of piperidine rings is 2. The molecule has 202 valence electrons. The van der Waals surface area contributed by atoms with E-state index in [1.165, 1.54) is 32.4 Å².